The summed E-state index contributed by atoms with van der Waals surface area (Å²) in [4.78, 5) is 12.6. The molecule has 9 heteroatoms. The predicted molar refractivity (Wildman–Crippen MR) is 138 cm³/mol. The fourth-order valence-electron chi connectivity index (χ4n) is 3.05. The van der Waals surface area contributed by atoms with E-state index in [4.69, 9.17) is 9.47 Å². The van der Waals surface area contributed by atoms with Gasteiger partial charge in [-0.05, 0) is 103 Å². The lowest BCUT2D eigenvalue weighted by Crippen LogP contribution is -2.15. The van der Waals surface area contributed by atoms with Gasteiger partial charge >= 0.3 is 0 Å². The van der Waals surface area contributed by atoms with Crippen molar-refractivity contribution in [1.29, 1.82) is 0 Å². The van der Waals surface area contributed by atoms with Crippen LogP contribution in [0.1, 0.15) is 19.4 Å². The number of rotatable bonds is 10. The minimum absolute atomic E-state index is 0.104. The van der Waals surface area contributed by atoms with Crippen LogP contribution in [0.5, 0.6) is 11.5 Å². The molecule has 3 aromatic rings. The highest BCUT2D eigenvalue weighted by atomic mass is 127. The van der Waals surface area contributed by atoms with Gasteiger partial charge < -0.3 is 14.8 Å². The van der Waals surface area contributed by atoms with Gasteiger partial charge in [0.05, 0.1) is 24.5 Å². The number of nitrogens with one attached hydrogen (secondary N) is 2. The van der Waals surface area contributed by atoms with E-state index in [1.54, 1.807) is 36.4 Å². The topological polar surface area (TPSA) is 93.7 Å². The monoisotopic (exact) mass is 580 g/mol. The van der Waals surface area contributed by atoms with Gasteiger partial charge in [-0.1, -0.05) is 6.07 Å². The fourth-order valence-corrected chi connectivity index (χ4v) is 4.46. The summed E-state index contributed by atoms with van der Waals surface area (Å²) in [5.41, 5.74) is 1.76. The molecule has 0 aliphatic rings. The average molecular weight is 580 g/mol. The van der Waals surface area contributed by atoms with Crippen LogP contribution in [-0.2, 0) is 21.2 Å². The maximum atomic E-state index is 12.6. The van der Waals surface area contributed by atoms with E-state index in [-0.39, 0.29) is 17.2 Å². The summed E-state index contributed by atoms with van der Waals surface area (Å²) in [7, 11) is -3.73. The zero-order valence-electron chi connectivity index (χ0n) is 18.3. The van der Waals surface area contributed by atoms with E-state index in [1.165, 1.54) is 12.1 Å². The zero-order chi connectivity index (χ0) is 23.8. The van der Waals surface area contributed by atoms with Gasteiger partial charge in [0.1, 0.15) is 0 Å². The zero-order valence-corrected chi connectivity index (χ0v) is 21.3. The molecule has 0 unspecified atom stereocenters. The van der Waals surface area contributed by atoms with Crippen LogP contribution in [0.2, 0.25) is 0 Å². The van der Waals surface area contributed by atoms with Crippen LogP contribution >= 0.6 is 22.6 Å². The van der Waals surface area contributed by atoms with Gasteiger partial charge in [0.2, 0.25) is 5.91 Å². The van der Waals surface area contributed by atoms with Crippen molar-refractivity contribution in [2.75, 3.05) is 23.3 Å². The highest BCUT2D eigenvalue weighted by Crippen LogP contribution is 2.29. The number of ether oxygens (including phenoxy) is 2. The first kappa shape index (κ1) is 24.8. The number of benzene rings is 3. The van der Waals surface area contributed by atoms with Gasteiger partial charge in [-0.2, -0.15) is 0 Å². The molecule has 0 bridgehead atoms. The van der Waals surface area contributed by atoms with Gasteiger partial charge in [0.15, 0.2) is 11.5 Å². The summed E-state index contributed by atoms with van der Waals surface area (Å²) < 4.78 is 39.9. The number of amides is 1. The highest BCUT2D eigenvalue weighted by Gasteiger charge is 2.15. The maximum absolute atomic E-state index is 12.6. The molecule has 0 saturated carbocycles. The van der Waals surface area contributed by atoms with Gasteiger partial charge in [0.25, 0.3) is 10.0 Å². The molecular weight excluding hydrogens is 555 g/mol. The third-order valence-corrected chi connectivity index (χ3v) is 6.63. The van der Waals surface area contributed by atoms with Gasteiger partial charge in [-0.25, -0.2) is 8.42 Å². The lowest BCUT2D eigenvalue weighted by atomic mass is 10.1. The second-order valence-electron chi connectivity index (χ2n) is 7.01. The highest BCUT2D eigenvalue weighted by molar-refractivity contribution is 14.1. The van der Waals surface area contributed by atoms with E-state index in [0.29, 0.717) is 36.1 Å². The van der Waals surface area contributed by atoms with Crippen molar-refractivity contribution >= 4 is 49.9 Å². The van der Waals surface area contributed by atoms with Crippen molar-refractivity contribution in [3.8, 4) is 11.5 Å². The molecule has 3 rings (SSSR count). The molecule has 1 amide bonds. The molecule has 33 heavy (non-hydrogen) atoms. The van der Waals surface area contributed by atoms with Crippen LogP contribution in [-0.4, -0.2) is 27.5 Å². The van der Waals surface area contributed by atoms with E-state index < -0.39 is 10.0 Å². The molecule has 0 heterocycles. The molecule has 2 N–H and O–H groups in total. The summed E-state index contributed by atoms with van der Waals surface area (Å²) in [5.74, 6) is 1.01. The first-order chi connectivity index (χ1) is 15.8. The van der Waals surface area contributed by atoms with Crippen molar-refractivity contribution in [2.45, 2.75) is 25.2 Å². The van der Waals surface area contributed by atoms with Crippen molar-refractivity contribution in [2.24, 2.45) is 0 Å². The SMILES string of the molecule is CCOc1ccc(CC(=O)Nc2ccc(S(=O)(=O)Nc3ccc(I)cc3)cc2)cc1OCC. The minimum atomic E-state index is -3.73. The van der Waals surface area contributed by atoms with Crippen molar-refractivity contribution in [3.05, 3.63) is 75.9 Å². The van der Waals surface area contributed by atoms with Crippen molar-refractivity contribution in [3.63, 3.8) is 0 Å². The lowest BCUT2D eigenvalue weighted by Gasteiger charge is -2.13. The number of sulfonamides is 1. The van der Waals surface area contributed by atoms with Crippen molar-refractivity contribution < 1.29 is 22.7 Å². The van der Waals surface area contributed by atoms with Crippen molar-refractivity contribution in [1.82, 2.24) is 0 Å². The number of hydrogen-bond donors (Lipinski definition) is 2. The summed E-state index contributed by atoms with van der Waals surface area (Å²) >= 11 is 2.15. The molecule has 174 valence electrons. The van der Waals surface area contributed by atoms with E-state index in [2.05, 4.69) is 32.6 Å². The van der Waals surface area contributed by atoms with Crippen LogP contribution in [0.15, 0.2) is 71.6 Å². The average Bonchev–Trinajstić information content (AvgIpc) is 2.77. The summed E-state index contributed by atoms with van der Waals surface area (Å²) in [5, 5.41) is 2.79. The van der Waals surface area contributed by atoms with Crippen LogP contribution in [0.25, 0.3) is 0 Å². The third kappa shape index (κ3) is 7.10. The van der Waals surface area contributed by atoms with E-state index in [1.807, 2.05) is 32.0 Å². The first-order valence-corrected chi connectivity index (χ1v) is 12.9. The van der Waals surface area contributed by atoms with Crippen LogP contribution in [0, 0.1) is 3.57 Å². The van der Waals surface area contributed by atoms with Crippen LogP contribution in [0.3, 0.4) is 0 Å². The molecule has 0 spiro atoms. The Morgan fingerprint density at radius 2 is 1.45 bits per heavy atom. The second kappa shape index (κ2) is 11.4. The third-order valence-electron chi connectivity index (χ3n) is 4.52. The van der Waals surface area contributed by atoms with Gasteiger partial charge in [-0.3, -0.25) is 9.52 Å². The number of hydrogen-bond acceptors (Lipinski definition) is 5. The number of anilines is 2. The number of carbonyl (C=O) groups is 1. The Bertz CT molecular complexity index is 1200. The fraction of sp³-hybridized carbons (Fsp3) is 0.208. The predicted octanol–water partition coefficient (Wildman–Crippen LogP) is 5.07. The Morgan fingerprint density at radius 3 is 2.09 bits per heavy atom. The van der Waals surface area contributed by atoms with E-state index in [9.17, 15) is 13.2 Å². The van der Waals surface area contributed by atoms with Crippen LogP contribution in [0.4, 0.5) is 11.4 Å². The Morgan fingerprint density at radius 1 is 0.848 bits per heavy atom. The molecule has 0 aromatic heterocycles. The molecular formula is C24H25IN2O5S. The normalized spacial score (nSPS) is 11.0. The smallest absolute Gasteiger partial charge is 0.261 e. The van der Waals surface area contributed by atoms with E-state index in [0.717, 1.165) is 9.13 Å². The Kier molecular flexibility index (Phi) is 8.56. The minimum Gasteiger partial charge on any atom is -0.490 e. The Hall–Kier alpha value is -2.79. The molecule has 0 fully saturated rings. The molecule has 0 aliphatic heterocycles. The van der Waals surface area contributed by atoms with E-state index >= 15 is 0 Å². The maximum Gasteiger partial charge on any atom is 0.261 e. The summed E-state index contributed by atoms with van der Waals surface area (Å²) in [6, 6.07) is 18.5. The quantitative estimate of drug-likeness (QED) is 0.327. The lowest BCUT2D eigenvalue weighted by molar-refractivity contribution is -0.115. The molecule has 0 atom stereocenters. The first-order valence-electron chi connectivity index (χ1n) is 10.4. The van der Waals surface area contributed by atoms with Gasteiger partial charge in [-0.15, -0.1) is 0 Å². The number of carbonyl (C=O) groups excluding carboxylic acids is 1. The van der Waals surface area contributed by atoms with Crippen LogP contribution < -0.4 is 19.5 Å². The Balaban J connectivity index is 1.64. The summed E-state index contributed by atoms with van der Waals surface area (Å²) in [6.45, 7) is 4.79. The molecule has 3 aromatic carbocycles. The molecule has 0 radical (unpaired) electrons. The number of halogens is 1. The second-order valence-corrected chi connectivity index (χ2v) is 9.94. The largest absolute Gasteiger partial charge is 0.490 e. The molecule has 7 nitrogen and oxygen atoms in total. The summed E-state index contributed by atoms with van der Waals surface area (Å²) in [6.07, 6.45) is 0.140. The standard InChI is InChI=1S/C24H25IN2O5S/c1-3-31-22-14-5-17(15-23(22)32-4-2)16-24(28)26-19-10-12-21(13-11-19)33(29,30)27-20-8-6-18(25)7-9-20/h5-15,27H,3-4,16H2,1-2H3,(H,26,28). The van der Waals surface area contributed by atoms with Gasteiger partial charge in [0, 0.05) is 14.9 Å². The Labute approximate surface area is 207 Å². The molecule has 0 saturated heterocycles. The molecule has 0 aliphatic carbocycles.